The summed E-state index contributed by atoms with van der Waals surface area (Å²) in [4.78, 5) is 11.0. The summed E-state index contributed by atoms with van der Waals surface area (Å²) < 4.78 is 16.2. The molecule has 5 aromatic rings. The first kappa shape index (κ1) is 16.2. The Morgan fingerprint density at radius 1 is 1.07 bits per heavy atom. The van der Waals surface area contributed by atoms with E-state index in [0.717, 1.165) is 38.6 Å². The van der Waals surface area contributed by atoms with E-state index in [0.29, 0.717) is 5.56 Å². The highest BCUT2D eigenvalue weighted by Gasteiger charge is 2.16. The fourth-order valence-corrected chi connectivity index (χ4v) is 3.60. The van der Waals surface area contributed by atoms with Crippen molar-refractivity contribution in [3.8, 4) is 22.4 Å². The van der Waals surface area contributed by atoms with Gasteiger partial charge in [-0.25, -0.2) is 9.24 Å². The lowest BCUT2D eigenvalue weighted by atomic mass is 9.95. The molecule has 0 atom stereocenters. The molecule has 6 heteroatoms. The van der Waals surface area contributed by atoms with E-state index in [1.54, 1.807) is 12.3 Å². The normalized spacial score (nSPS) is 11.2. The Labute approximate surface area is 159 Å². The predicted octanol–water partition coefficient (Wildman–Crippen LogP) is 5.47. The van der Waals surface area contributed by atoms with Gasteiger partial charge in [-0.15, -0.1) is 0 Å². The van der Waals surface area contributed by atoms with E-state index in [2.05, 4.69) is 19.9 Å². The minimum Gasteiger partial charge on any atom is -0.360 e. The second kappa shape index (κ2) is 6.03. The molecule has 3 aromatic heterocycles. The quantitative estimate of drug-likeness (QED) is 0.420. The van der Waals surface area contributed by atoms with Crippen LogP contribution in [0.15, 0.2) is 61.1 Å². The van der Waals surface area contributed by atoms with Crippen LogP contribution in [0.2, 0.25) is 0 Å². The van der Waals surface area contributed by atoms with Crippen molar-refractivity contribution in [3.63, 3.8) is 0 Å². The number of hydrogen-bond acceptors (Lipinski definition) is 2. The van der Waals surface area contributed by atoms with Crippen LogP contribution in [-0.4, -0.2) is 19.7 Å². The number of halogens is 1. The van der Waals surface area contributed by atoms with E-state index >= 15 is 0 Å². The van der Waals surface area contributed by atoms with Gasteiger partial charge in [-0.2, -0.15) is 5.10 Å². The van der Waals surface area contributed by atoms with Crippen LogP contribution in [0.4, 0.5) is 10.1 Å². The van der Waals surface area contributed by atoms with Gasteiger partial charge in [0.25, 0.3) is 0 Å². The van der Waals surface area contributed by atoms with Crippen LogP contribution in [0.25, 0.3) is 49.0 Å². The molecule has 5 rings (SSSR count). The Hall–Kier alpha value is -3.98. The maximum atomic E-state index is 14.4. The number of aryl methyl sites for hydroxylation is 1. The van der Waals surface area contributed by atoms with Crippen LogP contribution in [0.5, 0.6) is 0 Å². The van der Waals surface area contributed by atoms with Gasteiger partial charge >= 0.3 is 0 Å². The summed E-state index contributed by atoms with van der Waals surface area (Å²) in [6, 6.07) is 12.7. The summed E-state index contributed by atoms with van der Waals surface area (Å²) in [5, 5.41) is 6.26. The van der Waals surface area contributed by atoms with Gasteiger partial charge in [-0.1, -0.05) is 18.2 Å². The average Bonchev–Trinajstić information content (AvgIpc) is 3.33. The number of benzene rings is 2. The predicted molar refractivity (Wildman–Crippen MR) is 107 cm³/mol. The van der Waals surface area contributed by atoms with Gasteiger partial charge in [0.1, 0.15) is 5.82 Å². The maximum absolute atomic E-state index is 14.4. The zero-order valence-corrected chi connectivity index (χ0v) is 14.9. The molecule has 0 spiro atoms. The number of H-pyrrole nitrogens is 1. The van der Waals surface area contributed by atoms with E-state index in [9.17, 15) is 4.39 Å². The molecule has 5 nitrogen and oxygen atoms in total. The molecule has 0 aliphatic carbocycles. The smallest absolute Gasteiger partial charge is 0.222 e. The van der Waals surface area contributed by atoms with Gasteiger partial charge in [0.2, 0.25) is 5.69 Å². The van der Waals surface area contributed by atoms with Crippen LogP contribution in [-0.2, 0) is 7.05 Å². The third-order valence-corrected chi connectivity index (χ3v) is 4.98. The molecule has 2 aromatic carbocycles. The fourth-order valence-electron chi connectivity index (χ4n) is 3.60. The van der Waals surface area contributed by atoms with Crippen molar-refractivity contribution < 1.29 is 4.39 Å². The molecule has 1 N–H and O–H groups in total. The molecule has 0 bridgehead atoms. The second-order valence-electron chi connectivity index (χ2n) is 6.61. The Kier molecular flexibility index (Phi) is 3.49. The molecule has 0 amide bonds. The first-order chi connectivity index (χ1) is 13.7. The van der Waals surface area contributed by atoms with Crippen molar-refractivity contribution in [2.45, 2.75) is 0 Å². The number of hydrogen-bond donors (Lipinski definition) is 1. The van der Waals surface area contributed by atoms with E-state index < -0.39 is 5.82 Å². The Balaban J connectivity index is 1.80. The zero-order valence-electron chi connectivity index (χ0n) is 14.9. The first-order valence-electron chi connectivity index (χ1n) is 8.71. The van der Waals surface area contributed by atoms with E-state index in [4.69, 9.17) is 6.57 Å². The van der Waals surface area contributed by atoms with Gasteiger partial charge in [0, 0.05) is 35.1 Å². The molecule has 134 valence electrons. The highest BCUT2D eigenvalue weighted by molar-refractivity contribution is 6.02. The van der Waals surface area contributed by atoms with E-state index in [1.165, 1.54) is 12.1 Å². The van der Waals surface area contributed by atoms with Crippen molar-refractivity contribution in [1.29, 1.82) is 0 Å². The van der Waals surface area contributed by atoms with Gasteiger partial charge in [-0.3, -0.25) is 9.67 Å². The van der Waals surface area contributed by atoms with Crippen molar-refractivity contribution in [2.75, 3.05) is 0 Å². The third-order valence-electron chi connectivity index (χ3n) is 4.98. The van der Waals surface area contributed by atoms with Crippen molar-refractivity contribution in [2.24, 2.45) is 7.05 Å². The van der Waals surface area contributed by atoms with Gasteiger partial charge in [0.05, 0.1) is 35.7 Å². The Morgan fingerprint density at radius 3 is 2.75 bits per heavy atom. The lowest BCUT2D eigenvalue weighted by Crippen LogP contribution is -1.92. The molecular weight excluding hydrogens is 353 g/mol. The summed E-state index contributed by atoms with van der Waals surface area (Å²) >= 11 is 0. The number of aromatic amines is 1. The van der Waals surface area contributed by atoms with Gasteiger partial charge in [0.15, 0.2) is 0 Å². The van der Waals surface area contributed by atoms with Crippen LogP contribution >= 0.6 is 0 Å². The number of nitrogens with one attached hydrogen (secondary N) is 1. The summed E-state index contributed by atoms with van der Waals surface area (Å²) in [6.45, 7) is 7.08. The molecule has 0 saturated heterocycles. The summed E-state index contributed by atoms with van der Waals surface area (Å²) in [6.07, 6.45) is 5.44. The molecule has 3 heterocycles. The topological polar surface area (TPSA) is 50.9 Å². The van der Waals surface area contributed by atoms with Gasteiger partial charge < -0.3 is 4.98 Å². The Bertz CT molecular complexity index is 1400. The van der Waals surface area contributed by atoms with E-state index in [-0.39, 0.29) is 5.69 Å². The number of aromatic nitrogens is 4. The molecule has 28 heavy (non-hydrogen) atoms. The minimum absolute atomic E-state index is 0.0104. The molecule has 0 unspecified atom stereocenters. The largest absolute Gasteiger partial charge is 0.360 e. The first-order valence-corrected chi connectivity index (χ1v) is 8.71. The lowest BCUT2D eigenvalue weighted by molar-refractivity contribution is 0.634. The molecule has 0 radical (unpaired) electrons. The maximum Gasteiger partial charge on any atom is 0.222 e. The SMILES string of the molecule is [C-]#[N+]c1ccc(-c2c(-c3ccc4c(cnn4C)c3)ncc3[nH]ccc23)cc1F. The molecule has 0 aliphatic heterocycles. The van der Waals surface area contributed by atoms with Crippen LogP contribution in [0.1, 0.15) is 0 Å². The fraction of sp³-hybridized carbons (Fsp3) is 0.0455. The zero-order chi connectivity index (χ0) is 19.3. The Morgan fingerprint density at radius 2 is 1.93 bits per heavy atom. The molecule has 0 saturated carbocycles. The van der Waals surface area contributed by atoms with Crippen molar-refractivity contribution >= 4 is 27.5 Å². The standard InChI is InChI=1S/C22H14FN5/c1-24-18-5-3-13(10-17(18)23)21-16-7-8-25-19(16)12-26-22(21)14-4-6-20-15(9-14)11-27-28(20)2/h3-12,25H,2H3. The summed E-state index contributed by atoms with van der Waals surface area (Å²) in [7, 11) is 1.90. The second-order valence-corrected chi connectivity index (χ2v) is 6.61. The monoisotopic (exact) mass is 367 g/mol. The van der Waals surface area contributed by atoms with Crippen molar-refractivity contribution in [1.82, 2.24) is 19.7 Å². The highest BCUT2D eigenvalue weighted by Crippen LogP contribution is 2.38. The number of pyridine rings is 1. The molecule has 0 aliphatic rings. The molecular formula is C22H14FN5. The third kappa shape index (κ3) is 2.37. The van der Waals surface area contributed by atoms with Crippen LogP contribution < -0.4 is 0 Å². The number of rotatable bonds is 2. The van der Waals surface area contributed by atoms with E-state index in [1.807, 2.05) is 48.4 Å². The van der Waals surface area contributed by atoms with Crippen LogP contribution in [0.3, 0.4) is 0 Å². The number of nitrogens with zero attached hydrogens (tertiary/aromatic N) is 4. The average molecular weight is 367 g/mol. The van der Waals surface area contributed by atoms with Gasteiger partial charge in [-0.05, 0) is 29.8 Å². The minimum atomic E-state index is -0.534. The highest BCUT2D eigenvalue weighted by atomic mass is 19.1. The van der Waals surface area contributed by atoms with Crippen molar-refractivity contribution in [3.05, 3.63) is 78.3 Å². The van der Waals surface area contributed by atoms with Crippen LogP contribution in [0, 0.1) is 12.4 Å². The summed E-state index contributed by atoms with van der Waals surface area (Å²) in [5.74, 6) is -0.534. The number of fused-ring (bicyclic) bond motifs is 2. The lowest BCUT2D eigenvalue weighted by Gasteiger charge is -2.12. The molecule has 0 fully saturated rings. The summed E-state index contributed by atoms with van der Waals surface area (Å²) in [5.41, 5.74) is 5.11.